The Morgan fingerprint density at radius 2 is 2.27 bits per heavy atom. The lowest BCUT2D eigenvalue weighted by atomic mass is 9.95. The molecule has 2 saturated carbocycles. The molecule has 0 unspecified atom stereocenters. The third-order valence-electron chi connectivity index (χ3n) is 5.21. The van der Waals surface area contributed by atoms with Crippen molar-refractivity contribution in [2.24, 2.45) is 11.8 Å². The van der Waals surface area contributed by atoms with Gasteiger partial charge in [-0.2, -0.15) is 0 Å². The average molecular weight is 394 g/mol. The summed E-state index contributed by atoms with van der Waals surface area (Å²) in [6.45, 7) is 0. The fourth-order valence-electron chi connectivity index (χ4n) is 4.02. The Kier molecular flexibility index (Phi) is 5.09. The molecule has 2 aliphatic rings. The summed E-state index contributed by atoms with van der Waals surface area (Å²) in [4.78, 5) is 12.2. The molecule has 2 bridgehead atoms. The molecule has 3 atom stereocenters. The van der Waals surface area contributed by atoms with E-state index >= 15 is 0 Å². The van der Waals surface area contributed by atoms with Gasteiger partial charge < -0.3 is 14.5 Å². The smallest absolute Gasteiger partial charge is 0.277 e. The minimum atomic E-state index is 0.0210. The number of carbonyl (C=O) groups excluding carboxylic acids is 1. The highest BCUT2D eigenvalue weighted by molar-refractivity contribution is 7.99. The van der Waals surface area contributed by atoms with Gasteiger partial charge in [0.1, 0.15) is 5.75 Å². The molecular formula is C18H20ClN3O3S. The van der Waals surface area contributed by atoms with Gasteiger partial charge in [0.25, 0.3) is 11.1 Å². The van der Waals surface area contributed by atoms with Crippen molar-refractivity contribution in [1.82, 2.24) is 15.5 Å². The predicted octanol–water partition coefficient (Wildman–Crippen LogP) is 3.80. The van der Waals surface area contributed by atoms with Crippen molar-refractivity contribution in [3.63, 3.8) is 0 Å². The lowest BCUT2D eigenvalue weighted by molar-refractivity contribution is -0.119. The molecule has 0 radical (unpaired) electrons. The van der Waals surface area contributed by atoms with Crippen LogP contribution in [-0.4, -0.2) is 35.0 Å². The summed E-state index contributed by atoms with van der Waals surface area (Å²) in [6.07, 6.45) is 4.97. The van der Waals surface area contributed by atoms with Gasteiger partial charge >= 0.3 is 0 Å². The molecule has 2 aliphatic carbocycles. The summed E-state index contributed by atoms with van der Waals surface area (Å²) >= 11 is 7.28. The quantitative estimate of drug-likeness (QED) is 0.752. The van der Waals surface area contributed by atoms with Crippen LogP contribution < -0.4 is 10.1 Å². The largest absolute Gasteiger partial charge is 0.496 e. The second-order valence-corrected chi connectivity index (χ2v) is 8.22. The van der Waals surface area contributed by atoms with Gasteiger partial charge in [-0.05, 0) is 49.3 Å². The van der Waals surface area contributed by atoms with Crippen LogP contribution in [0, 0.1) is 11.8 Å². The van der Waals surface area contributed by atoms with Crippen LogP contribution in [0.5, 0.6) is 5.75 Å². The zero-order valence-electron chi connectivity index (χ0n) is 14.4. The monoisotopic (exact) mass is 393 g/mol. The van der Waals surface area contributed by atoms with E-state index in [1.807, 2.05) is 0 Å². The number of fused-ring (bicyclic) bond motifs is 2. The van der Waals surface area contributed by atoms with Gasteiger partial charge in [-0.3, -0.25) is 4.79 Å². The highest BCUT2D eigenvalue weighted by Gasteiger charge is 2.40. The van der Waals surface area contributed by atoms with Crippen molar-refractivity contribution in [2.45, 2.75) is 36.9 Å². The Balaban J connectivity index is 1.35. The third-order valence-corrected chi connectivity index (χ3v) is 6.26. The topological polar surface area (TPSA) is 77.2 Å². The van der Waals surface area contributed by atoms with E-state index in [1.54, 1.807) is 25.3 Å². The van der Waals surface area contributed by atoms with E-state index in [-0.39, 0.29) is 11.7 Å². The average Bonchev–Trinajstić information content (AvgIpc) is 3.37. The van der Waals surface area contributed by atoms with Gasteiger partial charge in [-0.25, -0.2) is 0 Å². The van der Waals surface area contributed by atoms with Crippen molar-refractivity contribution in [1.29, 1.82) is 0 Å². The molecule has 6 nitrogen and oxygen atoms in total. The molecule has 2 fully saturated rings. The van der Waals surface area contributed by atoms with Crippen molar-refractivity contribution in [3.05, 3.63) is 23.2 Å². The molecule has 0 saturated heterocycles. The van der Waals surface area contributed by atoms with E-state index in [2.05, 4.69) is 15.5 Å². The SMILES string of the molecule is COc1ccc(Cl)cc1-c1nnc(SCC(=O)N[C@H]2C[C@@H]3CC[C@@H]2C3)o1. The molecule has 4 rings (SSSR count). The number of nitrogens with one attached hydrogen (secondary N) is 1. The molecule has 0 aliphatic heterocycles. The van der Waals surface area contributed by atoms with Crippen LogP contribution in [0.15, 0.2) is 27.8 Å². The highest BCUT2D eigenvalue weighted by Crippen LogP contribution is 2.44. The molecule has 0 spiro atoms. The summed E-state index contributed by atoms with van der Waals surface area (Å²) < 4.78 is 11.0. The number of benzene rings is 1. The zero-order chi connectivity index (χ0) is 18.1. The zero-order valence-corrected chi connectivity index (χ0v) is 16.0. The van der Waals surface area contributed by atoms with Crippen LogP contribution in [-0.2, 0) is 4.79 Å². The number of halogens is 1. The molecule has 1 amide bonds. The van der Waals surface area contributed by atoms with Crippen LogP contribution in [0.3, 0.4) is 0 Å². The second kappa shape index (κ2) is 7.48. The first-order chi connectivity index (χ1) is 12.6. The summed E-state index contributed by atoms with van der Waals surface area (Å²) in [5, 5.41) is 12.1. The molecule has 8 heteroatoms. The van der Waals surface area contributed by atoms with Gasteiger partial charge in [0.05, 0.1) is 18.4 Å². The van der Waals surface area contributed by atoms with Crippen LogP contribution in [0.2, 0.25) is 5.02 Å². The molecule has 26 heavy (non-hydrogen) atoms. The number of thioether (sulfide) groups is 1. The first-order valence-electron chi connectivity index (χ1n) is 8.72. The molecule has 1 aromatic carbocycles. The maximum Gasteiger partial charge on any atom is 0.277 e. The number of amides is 1. The number of methoxy groups -OCH3 is 1. The summed E-state index contributed by atoms with van der Waals surface area (Å²) in [5.41, 5.74) is 0.630. The Hall–Kier alpha value is -1.73. The Morgan fingerprint density at radius 3 is 3.00 bits per heavy atom. The van der Waals surface area contributed by atoms with Crippen molar-refractivity contribution in [3.8, 4) is 17.2 Å². The lowest BCUT2D eigenvalue weighted by Gasteiger charge is -2.22. The molecular weight excluding hydrogens is 374 g/mol. The first kappa shape index (κ1) is 17.7. The van der Waals surface area contributed by atoms with Crippen LogP contribution >= 0.6 is 23.4 Å². The van der Waals surface area contributed by atoms with E-state index in [9.17, 15) is 4.79 Å². The summed E-state index contributed by atoms with van der Waals surface area (Å²) in [7, 11) is 1.57. The molecule has 2 aromatic rings. The minimum absolute atomic E-state index is 0.0210. The fraction of sp³-hybridized carbons (Fsp3) is 0.500. The van der Waals surface area contributed by atoms with E-state index in [0.717, 1.165) is 12.3 Å². The standard InChI is InChI=1S/C18H20ClN3O3S/c1-24-15-5-4-12(19)8-13(15)17-21-22-18(25-17)26-9-16(23)20-14-7-10-2-3-11(14)6-10/h4-5,8,10-11,14H,2-3,6-7,9H2,1H3,(H,20,23)/t10-,11-,14+/m1/s1. The molecule has 138 valence electrons. The maximum atomic E-state index is 12.2. The van der Waals surface area contributed by atoms with Crippen molar-refractivity contribution in [2.75, 3.05) is 12.9 Å². The van der Waals surface area contributed by atoms with E-state index in [4.69, 9.17) is 20.8 Å². The molecule has 1 N–H and O–H groups in total. The van der Waals surface area contributed by atoms with Gasteiger partial charge in [-0.15, -0.1) is 10.2 Å². The van der Waals surface area contributed by atoms with Crippen LogP contribution in [0.1, 0.15) is 25.7 Å². The number of aromatic nitrogens is 2. The second-order valence-electron chi connectivity index (χ2n) is 6.86. The van der Waals surface area contributed by atoms with E-state index in [1.165, 1.54) is 31.0 Å². The normalized spacial score (nSPS) is 24.0. The third kappa shape index (κ3) is 3.69. The van der Waals surface area contributed by atoms with Gasteiger partial charge in [0.15, 0.2) is 0 Å². The molecule has 1 aromatic heterocycles. The lowest BCUT2D eigenvalue weighted by Crippen LogP contribution is -2.39. The number of hydrogen-bond acceptors (Lipinski definition) is 6. The Labute approximate surface area is 161 Å². The van der Waals surface area contributed by atoms with Gasteiger partial charge in [-0.1, -0.05) is 29.8 Å². The van der Waals surface area contributed by atoms with Crippen LogP contribution in [0.4, 0.5) is 0 Å². The number of nitrogens with zero attached hydrogens (tertiary/aromatic N) is 2. The fourth-order valence-corrected chi connectivity index (χ4v) is 4.77. The van der Waals surface area contributed by atoms with Gasteiger partial charge in [0.2, 0.25) is 5.91 Å². The number of carbonyl (C=O) groups is 1. The summed E-state index contributed by atoms with van der Waals surface area (Å²) in [5.74, 6) is 2.68. The Bertz CT molecular complexity index is 813. The minimum Gasteiger partial charge on any atom is -0.496 e. The number of hydrogen-bond donors (Lipinski definition) is 1. The van der Waals surface area contributed by atoms with Crippen LogP contribution in [0.25, 0.3) is 11.5 Å². The van der Waals surface area contributed by atoms with Gasteiger partial charge in [0, 0.05) is 11.1 Å². The predicted molar refractivity (Wildman–Crippen MR) is 99.4 cm³/mol. The first-order valence-corrected chi connectivity index (χ1v) is 10.1. The highest BCUT2D eigenvalue weighted by atomic mass is 35.5. The summed E-state index contributed by atoms with van der Waals surface area (Å²) in [6, 6.07) is 5.54. The van der Waals surface area contributed by atoms with E-state index in [0.29, 0.717) is 39.4 Å². The number of ether oxygens (including phenoxy) is 1. The van der Waals surface area contributed by atoms with Crippen molar-refractivity contribution >= 4 is 29.3 Å². The Morgan fingerprint density at radius 1 is 1.38 bits per heavy atom. The molecule has 1 heterocycles. The van der Waals surface area contributed by atoms with E-state index < -0.39 is 0 Å². The maximum absolute atomic E-state index is 12.2. The number of rotatable bonds is 6. The van der Waals surface area contributed by atoms with Crippen molar-refractivity contribution < 1.29 is 13.9 Å².